The monoisotopic (exact) mass is 706 g/mol. The minimum absolute atomic E-state index is 0.0834. The second kappa shape index (κ2) is 12.4. The zero-order chi connectivity index (χ0) is 30.4. The molecule has 2 unspecified atom stereocenters. The molecular weight excluding hydrogens is 671 g/mol. The second-order valence-corrected chi connectivity index (χ2v) is 28.3. The first-order valence-corrected chi connectivity index (χ1v) is 26.4. The van der Waals surface area contributed by atoms with Gasteiger partial charge in [-0.1, -0.05) is 0 Å². The summed E-state index contributed by atoms with van der Waals surface area (Å²) < 4.78 is 1.39. The topological polar surface area (TPSA) is 0 Å². The molecule has 0 saturated carbocycles. The molecule has 1 aliphatic carbocycles. The fourth-order valence-electron chi connectivity index (χ4n) is 7.58. The van der Waals surface area contributed by atoms with Crippen LogP contribution in [0, 0.1) is 5.92 Å². The van der Waals surface area contributed by atoms with Crippen molar-refractivity contribution in [2.75, 3.05) is 0 Å². The van der Waals surface area contributed by atoms with E-state index in [1.807, 2.05) is 0 Å². The van der Waals surface area contributed by atoms with Crippen LogP contribution < -0.4 is 13.6 Å². The van der Waals surface area contributed by atoms with Gasteiger partial charge in [-0.2, -0.15) is 0 Å². The Bertz CT molecular complexity index is 1890. The summed E-state index contributed by atoms with van der Waals surface area (Å²) in [7, 11) is 15.4. The zero-order valence-electron chi connectivity index (χ0n) is 25.7. The summed E-state index contributed by atoms with van der Waals surface area (Å²) in [6, 6.07) is 40.2. The van der Waals surface area contributed by atoms with Crippen molar-refractivity contribution in [3.05, 3.63) is 131 Å². The predicted molar refractivity (Wildman–Crippen MR) is 193 cm³/mol. The van der Waals surface area contributed by atoms with E-state index in [1.165, 1.54) is 69.3 Å². The Morgan fingerprint density at radius 1 is 0.727 bits per heavy atom. The predicted octanol–water partition coefficient (Wildman–Crippen LogP) is 9.34. The first-order valence-electron chi connectivity index (χ1n) is 16.0. The summed E-state index contributed by atoms with van der Waals surface area (Å²) in [6.45, 7) is 6.94. The summed E-state index contributed by atoms with van der Waals surface area (Å²) in [5.41, 5.74) is 13.5. The zero-order valence-corrected chi connectivity index (χ0v) is 31.1. The number of halogens is 2. The molecule has 0 N–H and O–H groups in total. The Morgan fingerprint density at radius 3 is 2.16 bits per heavy atom. The van der Waals surface area contributed by atoms with Gasteiger partial charge in [-0.05, 0) is 0 Å². The molecule has 0 nitrogen and oxygen atoms in total. The van der Waals surface area contributed by atoms with Crippen molar-refractivity contribution < 1.29 is 17.9 Å². The van der Waals surface area contributed by atoms with Crippen LogP contribution in [0.4, 0.5) is 0 Å². The molecule has 220 valence electrons. The SMILES string of the molecule is CCCc1ccc2c(c1-c1ccccc1-c1ccccc1)C=C(C(C)CC)[CH]2[Zr]([Cl])([Cl])[c]1cccc2c1[SiH2]c1ccccc1-2. The molecule has 0 amide bonds. The summed E-state index contributed by atoms with van der Waals surface area (Å²) in [5, 5.41) is 3.00. The maximum absolute atomic E-state index is 8.00. The molecular formula is C40H38Cl2SiZr. The van der Waals surface area contributed by atoms with Gasteiger partial charge in [0.1, 0.15) is 0 Å². The number of hydrogen-bond donors (Lipinski definition) is 0. The third-order valence-electron chi connectivity index (χ3n) is 9.88. The maximum atomic E-state index is 8.00. The Labute approximate surface area is 276 Å². The van der Waals surface area contributed by atoms with Crippen molar-refractivity contribution in [1.29, 1.82) is 0 Å². The third-order valence-corrected chi connectivity index (χ3v) is 24.1. The molecule has 4 heteroatoms. The molecule has 1 heterocycles. The molecule has 0 aromatic heterocycles. The molecule has 5 aromatic rings. The van der Waals surface area contributed by atoms with Gasteiger partial charge in [0, 0.05) is 0 Å². The number of hydrogen-bond acceptors (Lipinski definition) is 0. The normalized spacial score (nSPS) is 16.4. The van der Waals surface area contributed by atoms with Crippen molar-refractivity contribution in [2.24, 2.45) is 5.92 Å². The summed E-state index contributed by atoms with van der Waals surface area (Å²) in [4.78, 5) is 0. The number of allylic oxidation sites excluding steroid dienone is 1. The van der Waals surface area contributed by atoms with E-state index < -0.39 is 27.4 Å². The average Bonchev–Trinajstić information content (AvgIpc) is 3.64. The van der Waals surface area contributed by atoms with Gasteiger partial charge in [0.15, 0.2) is 0 Å². The molecule has 0 radical (unpaired) electrons. The van der Waals surface area contributed by atoms with Crippen molar-refractivity contribution in [1.82, 2.24) is 0 Å². The third kappa shape index (κ3) is 5.07. The van der Waals surface area contributed by atoms with Crippen molar-refractivity contribution in [3.8, 4) is 33.4 Å². The van der Waals surface area contributed by atoms with E-state index >= 15 is 0 Å². The van der Waals surface area contributed by atoms with E-state index in [1.54, 1.807) is 0 Å². The van der Waals surface area contributed by atoms with Crippen molar-refractivity contribution in [2.45, 2.75) is 43.7 Å². The molecule has 2 aliphatic rings. The Morgan fingerprint density at radius 2 is 1.41 bits per heavy atom. The Hall–Kier alpha value is -2.48. The standard InChI is InChI=1S/C28H29.C12H9Si.2ClH.Zr/c1-4-11-22-16-17-23-18-24(20(3)5-2)19-27(23)28(22)26-15-10-9-14-25(26)21-12-7-6-8-13-21;1-3-7-11-9(5-1)10-6-2-4-8-12(10)13-11;;;/h6-10,12-20H,4-5,11H2,1-3H3;1-7H,13H2;2*1H;/q;;;;+2/p-2. The first-order chi connectivity index (χ1) is 21.4. The van der Waals surface area contributed by atoms with E-state index in [0.717, 1.165) is 19.3 Å². The van der Waals surface area contributed by atoms with Crippen LogP contribution in [0.5, 0.6) is 0 Å². The Kier molecular flexibility index (Phi) is 8.49. The Balaban J connectivity index is 1.45. The fourth-order valence-corrected chi connectivity index (χ4v) is 24.5. The number of fused-ring (bicyclic) bond motifs is 4. The van der Waals surface area contributed by atoms with Crippen LogP contribution in [0.15, 0.2) is 115 Å². The molecule has 0 saturated heterocycles. The summed E-state index contributed by atoms with van der Waals surface area (Å²) in [5.74, 6) is 0.402. The molecule has 0 spiro atoms. The van der Waals surface area contributed by atoms with Crippen LogP contribution >= 0.6 is 17.0 Å². The van der Waals surface area contributed by atoms with Gasteiger partial charge in [0.2, 0.25) is 0 Å². The minimum atomic E-state index is -4.07. The van der Waals surface area contributed by atoms with Gasteiger partial charge in [-0.3, -0.25) is 0 Å². The summed E-state index contributed by atoms with van der Waals surface area (Å²) in [6.07, 6.45) is 5.71. The van der Waals surface area contributed by atoms with E-state index in [4.69, 9.17) is 17.0 Å². The second-order valence-electron chi connectivity index (χ2n) is 12.4. The van der Waals surface area contributed by atoms with Gasteiger partial charge in [-0.15, -0.1) is 0 Å². The molecule has 1 aliphatic heterocycles. The van der Waals surface area contributed by atoms with Crippen molar-refractivity contribution in [3.63, 3.8) is 0 Å². The molecule has 5 aromatic carbocycles. The van der Waals surface area contributed by atoms with Crippen molar-refractivity contribution >= 4 is 46.3 Å². The van der Waals surface area contributed by atoms with Gasteiger partial charge >= 0.3 is 279 Å². The van der Waals surface area contributed by atoms with Crippen LogP contribution in [0.25, 0.3) is 39.5 Å². The van der Waals surface area contributed by atoms with Crippen LogP contribution in [0.2, 0.25) is 0 Å². The van der Waals surface area contributed by atoms with E-state index in [9.17, 15) is 0 Å². The van der Waals surface area contributed by atoms with Gasteiger partial charge < -0.3 is 0 Å². The van der Waals surface area contributed by atoms with E-state index in [-0.39, 0.29) is 3.63 Å². The first kappa shape index (κ1) is 30.2. The number of benzene rings is 5. The van der Waals surface area contributed by atoms with Gasteiger partial charge in [0.05, 0.1) is 0 Å². The molecule has 7 rings (SSSR count). The van der Waals surface area contributed by atoms with Crippen LogP contribution in [0.3, 0.4) is 0 Å². The number of aryl methyl sites for hydroxylation is 1. The van der Waals surface area contributed by atoms with Gasteiger partial charge in [0.25, 0.3) is 0 Å². The van der Waals surface area contributed by atoms with Crippen LogP contribution in [0.1, 0.15) is 53.9 Å². The van der Waals surface area contributed by atoms with Crippen LogP contribution in [-0.4, -0.2) is 9.52 Å². The fraction of sp³-hybridized carbons (Fsp3) is 0.200. The van der Waals surface area contributed by atoms with E-state index in [0.29, 0.717) is 5.92 Å². The van der Waals surface area contributed by atoms with E-state index in [2.05, 4.69) is 136 Å². The van der Waals surface area contributed by atoms with Crippen LogP contribution in [-0.2, 0) is 24.3 Å². The molecule has 44 heavy (non-hydrogen) atoms. The van der Waals surface area contributed by atoms with Gasteiger partial charge in [-0.25, -0.2) is 0 Å². The quantitative estimate of drug-likeness (QED) is 0.138. The average molecular weight is 709 g/mol. The molecule has 2 atom stereocenters. The molecule has 0 fully saturated rings. The number of rotatable bonds is 8. The summed E-state index contributed by atoms with van der Waals surface area (Å²) >= 11 is -4.07. The molecule has 0 bridgehead atoms.